The van der Waals surface area contributed by atoms with Gasteiger partial charge in [-0.3, -0.25) is 0 Å². The molecule has 0 spiro atoms. The molecule has 1 rings (SSSR count). The van der Waals surface area contributed by atoms with Gasteiger partial charge in [0.25, 0.3) is 0 Å². The lowest BCUT2D eigenvalue weighted by Gasteiger charge is -2.37. The van der Waals surface area contributed by atoms with Crippen molar-refractivity contribution in [1.82, 2.24) is 0 Å². The van der Waals surface area contributed by atoms with Gasteiger partial charge in [0, 0.05) is 6.08 Å². The third-order valence-corrected chi connectivity index (χ3v) is 9.44. The Morgan fingerprint density at radius 1 is 1.15 bits per heavy atom. The van der Waals surface area contributed by atoms with E-state index in [0.29, 0.717) is 19.6 Å². The van der Waals surface area contributed by atoms with Gasteiger partial charge in [-0.2, -0.15) is 0 Å². The van der Waals surface area contributed by atoms with Crippen molar-refractivity contribution in [2.45, 2.75) is 58.0 Å². The van der Waals surface area contributed by atoms with Crippen LogP contribution >= 0.6 is 0 Å². The molecule has 0 heterocycles. The van der Waals surface area contributed by atoms with E-state index in [1.165, 1.54) is 13.2 Å². The molecule has 5 nitrogen and oxygen atoms in total. The summed E-state index contributed by atoms with van der Waals surface area (Å²) >= 11 is 0. The Bertz CT molecular complexity index is 602. The number of carbonyl (C=O) groups excluding carboxylic acids is 1. The van der Waals surface area contributed by atoms with Crippen LogP contribution in [0, 0.1) is 0 Å². The molecule has 0 unspecified atom stereocenters. The maximum Gasteiger partial charge on any atom is 0.330 e. The Balaban J connectivity index is 2.71. The van der Waals surface area contributed by atoms with Crippen LogP contribution in [0.25, 0.3) is 0 Å². The Morgan fingerprint density at radius 2 is 1.78 bits per heavy atom. The lowest BCUT2D eigenvalue weighted by molar-refractivity contribution is -0.134. The van der Waals surface area contributed by atoms with Crippen LogP contribution in [0.1, 0.15) is 32.8 Å². The van der Waals surface area contributed by atoms with Gasteiger partial charge in [0.2, 0.25) is 0 Å². The van der Waals surface area contributed by atoms with E-state index in [1.807, 2.05) is 24.3 Å². The molecular formula is C21H34O5Si. The van der Waals surface area contributed by atoms with Gasteiger partial charge in [-0.05, 0) is 42.2 Å². The maximum atomic E-state index is 11.3. The van der Waals surface area contributed by atoms with Crippen molar-refractivity contribution >= 4 is 14.3 Å². The highest BCUT2D eigenvalue weighted by atomic mass is 28.4. The van der Waals surface area contributed by atoms with Gasteiger partial charge in [0.05, 0.1) is 33.5 Å². The third kappa shape index (κ3) is 8.28. The third-order valence-electron chi connectivity index (χ3n) is 4.94. The molecule has 0 aliphatic heterocycles. The normalized spacial score (nSPS) is 13.6. The molecule has 0 amide bonds. The van der Waals surface area contributed by atoms with Gasteiger partial charge in [-0.1, -0.05) is 39.0 Å². The molecule has 0 aliphatic rings. The summed E-state index contributed by atoms with van der Waals surface area (Å²) in [5.74, 6) is 0.451. The smallest absolute Gasteiger partial charge is 0.330 e. The molecule has 1 aromatic carbocycles. The fourth-order valence-corrected chi connectivity index (χ4v) is 3.06. The zero-order valence-corrected chi connectivity index (χ0v) is 18.7. The van der Waals surface area contributed by atoms with Crippen LogP contribution in [0.2, 0.25) is 18.1 Å². The summed E-state index contributed by atoms with van der Waals surface area (Å²) in [5.41, 5.74) is 1.06. The first-order valence-corrected chi connectivity index (χ1v) is 12.1. The minimum absolute atomic E-state index is 0.134. The Labute approximate surface area is 164 Å². The zero-order valence-electron chi connectivity index (χ0n) is 17.7. The molecule has 0 radical (unpaired) electrons. The quantitative estimate of drug-likeness (QED) is 0.326. The van der Waals surface area contributed by atoms with Crippen LogP contribution in [0.3, 0.4) is 0 Å². The van der Waals surface area contributed by atoms with E-state index in [9.17, 15) is 4.79 Å². The van der Waals surface area contributed by atoms with E-state index < -0.39 is 8.32 Å². The largest absolute Gasteiger partial charge is 0.497 e. The number of benzene rings is 1. The highest BCUT2D eigenvalue weighted by Crippen LogP contribution is 2.36. The van der Waals surface area contributed by atoms with Crippen molar-refractivity contribution in [3.8, 4) is 5.75 Å². The van der Waals surface area contributed by atoms with Crippen molar-refractivity contribution in [1.29, 1.82) is 0 Å². The summed E-state index contributed by atoms with van der Waals surface area (Å²) in [6, 6.07) is 7.79. The van der Waals surface area contributed by atoms with E-state index in [4.69, 9.17) is 13.9 Å². The standard InChI is InChI=1S/C21H34O5Si/c1-21(2,3)27(6,7)26-16-19(9-8-10-20(22)24-5)25-15-17-11-13-18(23-4)14-12-17/h8,10-14,19H,9,15-16H2,1-7H3/b10-8+/t19-/m1/s1. The van der Waals surface area contributed by atoms with E-state index in [2.05, 4.69) is 38.6 Å². The number of methoxy groups -OCH3 is 2. The SMILES string of the molecule is COC(=O)/C=C/C[C@H](CO[Si](C)(C)C(C)(C)C)OCc1ccc(OC)cc1. The highest BCUT2D eigenvalue weighted by molar-refractivity contribution is 6.74. The average molecular weight is 395 g/mol. The van der Waals surface area contributed by atoms with Crippen molar-refractivity contribution in [2.24, 2.45) is 0 Å². The van der Waals surface area contributed by atoms with Crippen molar-refractivity contribution in [3.63, 3.8) is 0 Å². The second-order valence-corrected chi connectivity index (χ2v) is 12.8. The molecule has 0 bridgehead atoms. The summed E-state index contributed by atoms with van der Waals surface area (Å²) in [5, 5.41) is 0.134. The molecule has 0 saturated carbocycles. The number of rotatable bonds is 10. The minimum Gasteiger partial charge on any atom is -0.497 e. The minimum atomic E-state index is -1.87. The molecule has 0 N–H and O–H groups in total. The van der Waals surface area contributed by atoms with E-state index in [0.717, 1.165) is 11.3 Å². The number of esters is 1. The molecular weight excluding hydrogens is 360 g/mol. The lowest BCUT2D eigenvalue weighted by Crippen LogP contribution is -2.42. The summed E-state index contributed by atoms with van der Waals surface area (Å²) < 4.78 is 22.2. The molecule has 0 aromatic heterocycles. The zero-order chi connectivity index (χ0) is 20.5. The predicted octanol–water partition coefficient (Wildman–Crippen LogP) is 4.72. The molecule has 0 aliphatic carbocycles. The van der Waals surface area contributed by atoms with Crippen molar-refractivity contribution in [2.75, 3.05) is 20.8 Å². The number of hydrogen-bond acceptors (Lipinski definition) is 5. The van der Waals surface area contributed by atoms with Crippen LogP contribution in [-0.4, -0.2) is 41.2 Å². The molecule has 1 atom stereocenters. The average Bonchev–Trinajstić information content (AvgIpc) is 2.62. The van der Waals surface area contributed by atoms with Crippen LogP contribution in [0.15, 0.2) is 36.4 Å². The summed E-state index contributed by atoms with van der Waals surface area (Å²) in [7, 11) is 1.14. The number of carbonyl (C=O) groups is 1. The maximum absolute atomic E-state index is 11.3. The predicted molar refractivity (Wildman–Crippen MR) is 110 cm³/mol. The molecule has 0 fully saturated rings. The highest BCUT2D eigenvalue weighted by Gasteiger charge is 2.37. The summed E-state index contributed by atoms with van der Waals surface area (Å²) in [4.78, 5) is 11.3. The molecule has 152 valence electrons. The van der Waals surface area contributed by atoms with Crippen LogP contribution < -0.4 is 4.74 Å². The van der Waals surface area contributed by atoms with Crippen LogP contribution in [0.4, 0.5) is 0 Å². The lowest BCUT2D eigenvalue weighted by atomic mass is 10.2. The van der Waals surface area contributed by atoms with Gasteiger partial charge in [-0.25, -0.2) is 4.79 Å². The number of hydrogen-bond donors (Lipinski definition) is 0. The van der Waals surface area contributed by atoms with Gasteiger partial charge >= 0.3 is 5.97 Å². The van der Waals surface area contributed by atoms with E-state index >= 15 is 0 Å². The van der Waals surface area contributed by atoms with Crippen molar-refractivity contribution < 1.29 is 23.4 Å². The number of ether oxygens (including phenoxy) is 3. The Hall–Kier alpha value is -1.63. The molecule has 6 heteroatoms. The Kier molecular flexibility index (Phi) is 9.22. The second kappa shape index (κ2) is 10.6. The van der Waals surface area contributed by atoms with Gasteiger partial charge in [0.15, 0.2) is 8.32 Å². The first-order chi connectivity index (χ1) is 12.6. The van der Waals surface area contributed by atoms with Crippen LogP contribution in [-0.2, 0) is 25.3 Å². The molecule has 1 aromatic rings. The first kappa shape index (κ1) is 23.4. The van der Waals surface area contributed by atoms with Crippen molar-refractivity contribution in [3.05, 3.63) is 42.0 Å². The van der Waals surface area contributed by atoms with Gasteiger partial charge in [0.1, 0.15) is 5.75 Å². The Morgan fingerprint density at radius 3 is 2.30 bits per heavy atom. The molecule has 0 saturated heterocycles. The van der Waals surface area contributed by atoms with E-state index in [1.54, 1.807) is 13.2 Å². The summed E-state index contributed by atoms with van der Waals surface area (Å²) in [6.07, 6.45) is 3.65. The van der Waals surface area contributed by atoms with E-state index in [-0.39, 0.29) is 17.1 Å². The fraction of sp³-hybridized carbons (Fsp3) is 0.571. The second-order valence-electron chi connectivity index (χ2n) is 8.01. The molecule has 27 heavy (non-hydrogen) atoms. The first-order valence-electron chi connectivity index (χ1n) is 9.22. The topological polar surface area (TPSA) is 54.0 Å². The van der Waals surface area contributed by atoms with Gasteiger partial charge < -0.3 is 18.6 Å². The van der Waals surface area contributed by atoms with Gasteiger partial charge in [-0.15, -0.1) is 0 Å². The fourth-order valence-electron chi connectivity index (χ4n) is 2.02. The monoisotopic (exact) mass is 394 g/mol. The van der Waals surface area contributed by atoms with Crippen LogP contribution in [0.5, 0.6) is 5.75 Å². The summed E-state index contributed by atoms with van der Waals surface area (Å²) in [6.45, 7) is 12.0.